The van der Waals surface area contributed by atoms with Crippen molar-refractivity contribution in [1.29, 1.82) is 0 Å². The third kappa shape index (κ3) is 4.54. The van der Waals surface area contributed by atoms with E-state index in [0.717, 1.165) is 11.3 Å². The molecule has 4 N–H and O–H groups in total. The van der Waals surface area contributed by atoms with E-state index in [-0.39, 0.29) is 18.9 Å². The van der Waals surface area contributed by atoms with Crippen molar-refractivity contribution in [2.45, 2.75) is 20.3 Å². The lowest BCUT2D eigenvalue weighted by Gasteiger charge is -2.12. The predicted octanol–water partition coefficient (Wildman–Crippen LogP) is 2.35. The number of primary amides is 1. The van der Waals surface area contributed by atoms with Crippen molar-refractivity contribution >= 4 is 23.4 Å². The quantitative estimate of drug-likeness (QED) is 0.559. The Morgan fingerprint density at radius 1 is 0.967 bits per heavy atom. The van der Waals surface area contributed by atoms with E-state index in [1.165, 1.54) is 6.20 Å². The number of rotatable bonds is 7. The third-order valence-corrected chi connectivity index (χ3v) is 4.67. The Bertz CT molecular complexity index is 1100. The number of carbonyl (C=O) groups excluding carboxylic acids is 3. The number of hydrogen-bond acceptors (Lipinski definition) is 4. The normalized spacial score (nSPS) is 10.5. The van der Waals surface area contributed by atoms with Crippen molar-refractivity contribution in [1.82, 2.24) is 15.1 Å². The summed E-state index contributed by atoms with van der Waals surface area (Å²) in [5, 5.41) is 9.76. The van der Waals surface area contributed by atoms with Crippen LogP contribution >= 0.6 is 0 Å². The highest BCUT2D eigenvalue weighted by atomic mass is 16.2. The first-order chi connectivity index (χ1) is 14.4. The number of carbonyl (C=O) groups is 3. The van der Waals surface area contributed by atoms with Gasteiger partial charge in [0.25, 0.3) is 11.8 Å². The maximum absolute atomic E-state index is 12.9. The summed E-state index contributed by atoms with van der Waals surface area (Å²) < 4.78 is 1.71. The van der Waals surface area contributed by atoms with Crippen molar-refractivity contribution in [3.05, 3.63) is 77.1 Å². The van der Waals surface area contributed by atoms with Gasteiger partial charge >= 0.3 is 0 Å². The van der Waals surface area contributed by atoms with Crippen molar-refractivity contribution in [3.63, 3.8) is 0 Å². The third-order valence-electron chi connectivity index (χ3n) is 4.67. The van der Waals surface area contributed by atoms with E-state index in [4.69, 9.17) is 5.73 Å². The second-order valence-electron chi connectivity index (χ2n) is 6.81. The zero-order valence-electron chi connectivity index (χ0n) is 16.8. The average molecular weight is 405 g/mol. The molecule has 0 bridgehead atoms. The van der Waals surface area contributed by atoms with Crippen LogP contribution in [-0.4, -0.2) is 34.0 Å². The van der Waals surface area contributed by atoms with Crippen LogP contribution in [0.15, 0.2) is 54.7 Å². The lowest BCUT2D eigenvalue weighted by Crippen LogP contribution is -2.28. The molecule has 3 rings (SSSR count). The van der Waals surface area contributed by atoms with Gasteiger partial charge in [0.1, 0.15) is 0 Å². The molecule has 0 saturated heterocycles. The Morgan fingerprint density at radius 2 is 1.67 bits per heavy atom. The molecule has 0 radical (unpaired) electrons. The van der Waals surface area contributed by atoms with Crippen LogP contribution in [0.2, 0.25) is 0 Å². The van der Waals surface area contributed by atoms with E-state index in [0.29, 0.717) is 22.5 Å². The standard InChI is InChI=1S/C22H23N5O3/c1-14-7-3-6-10-19(14)27-15(2)17(13-25-27)22(30)26-18-9-5-4-8-16(18)21(29)24-12-11-20(23)28/h3-10,13H,11-12H2,1-2H3,(H2,23,28)(H,24,29)(H,26,30). The monoisotopic (exact) mass is 405 g/mol. The number of nitrogens with zero attached hydrogens (tertiary/aromatic N) is 2. The van der Waals surface area contributed by atoms with Gasteiger partial charge in [-0.05, 0) is 37.6 Å². The molecule has 2 aromatic carbocycles. The number of anilines is 1. The van der Waals surface area contributed by atoms with Gasteiger partial charge in [0.2, 0.25) is 5.91 Å². The van der Waals surface area contributed by atoms with Gasteiger partial charge in [0, 0.05) is 13.0 Å². The van der Waals surface area contributed by atoms with E-state index >= 15 is 0 Å². The maximum Gasteiger partial charge on any atom is 0.259 e. The van der Waals surface area contributed by atoms with Crippen molar-refractivity contribution in [2.24, 2.45) is 5.73 Å². The summed E-state index contributed by atoms with van der Waals surface area (Å²) in [7, 11) is 0. The minimum Gasteiger partial charge on any atom is -0.370 e. The van der Waals surface area contributed by atoms with Gasteiger partial charge in [-0.15, -0.1) is 0 Å². The predicted molar refractivity (Wildman–Crippen MR) is 114 cm³/mol. The van der Waals surface area contributed by atoms with E-state index in [2.05, 4.69) is 15.7 Å². The van der Waals surface area contributed by atoms with Gasteiger partial charge in [-0.1, -0.05) is 30.3 Å². The summed E-state index contributed by atoms with van der Waals surface area (Å²) >= 11 is 0. The number of hydrogen-bond donors (Lipinski definition) is 3. The van der Waals surface area contributed by atoms with E-state index < -0.39 is 11.8 Å². The van der Waals surface area contributed by atoms with E-state index in [1.54, 1.807) is 28.9 Å². The fourth-order valence-corrected chi connectivity index (χ4v) is 3.05. The molecule has 0 fully saturated rings. The highest BCUT2D eigenvalue weighted by Crippen LogP contribution is 2.20. The fraction of sp³-hybridized carbons (Fsp3) is 0.182. The zero-order chi connectivity index (χ0) is 21.7. The first-order valence-corrected chi connectivity index (χ1v) is 9.46. The topological polar surface area (TPSA) is 119 Å². The Morgan fingerprint density at radius 3 is 2.40 bits per heavy atom. The summed E-state index contributed by atoms with van der Waals surface area (Å²) in [5.74, 6) is -1.28. The highest BCUT2D eigenvalue weighted by Gasteiger charge is 2.18. The second-order valence-corrected chi connectivity index (χ2v) is 6.81. The van der Waals surface area contributed by atoms with Gasteiger partial charge < -0.3 is 16.4 Å². The van der Waals surface area contributed by atoms with Crippen molar-refractivity contribution in [3.8, 4) is 5.69 Å². The molecule has 0 spiro atoms. The summed E-state index contributed by atoms with van der Waals surface area (Å²) in [6.45, 7) is 3.92. The molecule has 1 heterocycles. The van der Waals surface area contributed by atoms with E-state index in [1.807, 2.05) is 38.1 Å². The lowest BCUT2D eigenvalue weighted by atomic mass is 10.1. The Kier molecular flexibility index (Phi) is 6.26. The fourth-order valence-electron chi connectivity index (χ4n) is 3.05. The van der Waals surface area contributed by atoms with Gasteiger partial charge in [0.15, 0.2) is 0 Å². The smallest absolute Gasteiger partial charge is 0.259 e. The van der Waals surface area contributed by atoms with Crippen LogP contribution in [0.4, 0.5) is 5.69 Å². The van der Waals surface area contributed by atoms with Gasteiger partial charge in [0.05, 0.1) is 34.4 Å². The maximum atomic E-state index is 12.9. The number of nitrogens with one attached hydrogen (secondary N) is 2. The van der Waals surface area contributed by atoms with Crippen LogP contribution in [-0.2, 0) is 4.79 Å². The summed E-state index contributed by atoms with van der Waals surface area (Å²) in [5.41, 5.74) is 8.76. The molecule has 1 aromatic heterocycles. The van der Waals surface area contributed by atoms with Crippen LogP contribution in [0.3, 0.4) is 0 Å². The molecule has 0 aliphatic heterocycles. The molecular weight excluding hydrogens is 382 g/mol. The molecule has 8 heteroatoms. The molecule has 0 saturated carbocycles. The molecule has 0 unspecified atom stereocenters. The molecule has 8 nitrogen and oxygen atoms in total. The molecule has 154 valence electrons. The highest BCUT2D eigenvalue weighted by molar-refractivity contribution is 6.09. The second kappa shape index (κ2) is 9.04. The van der Waals surface area contributed by atoms with Crippen LogP contribution in [0.5, 0.6) is 0 Å². The van der Waals surface area contributed by atoms with Crippen molar-refractivity contribution in [2.75, 3.05) is 11.9 Å². The number of para-hydroxylation sites is 2. The summed E-state index contributed by atoms with van der Waals surface area (Å²) in [6, 6.07) is 14.4. The van der Waals surface area contributed by atoms with Crippen LogP contribution in [0.25, 0.3) is 5.69 Å². The summed E-state index contributed by atoms with van der Waals surface area (Å²) in [6.07, 6.45) is 1.55. The largest absolute Gasteiger partial charge is 0.370 e. The zero-order valence-corrected chi connectivity index (χ0v) is 16.8. The molecule has 3 amide bonds. The average Bonchev–Trinajstić information content (AvgIpc) is 3.09. The number of aryl methyl sites for hydroxylation is 1. The molecule has 0 atom stereocenters. The SMILES string of the molecule is Cc1ccccc1-n1ncc(C(=O)Nc2ccccc2C(=O)NCCC(N)=O)c1C. The Labute approximate surface area is 174 Å². The van der Waals surface area contributed by atoms with Crippen LogP contribution in [0.1, 0.15) is 38.4 Å². The van der Waals surface area contributed by atoms with Gasteiger partial charge in [-0.2, -0.15) is 5.10 Å². The molecule has 0 aliphatic carbocycles. The number of nitrogens with two attached hydrogens (primary N) is 1. The molecule has 30 heavy (non-hydrogen) atoms. The number of amides is 3. The number of aromatic nitrogens is 2. The Balaban J connectivity index is 1.80. The van der Waals surface area contributed by atoms with Gasteiger partial charge in [-0.25, -0.2) is 4.68 Å². The van der Waals surface area contributed by atoms with E-state index in [9.17, 15) is 14.4 Å². The minimum absolute atomic E-state index is 0.0392. The molecular formula is C22H23N5O3. The summed E-state index contributed by atoms with van der Waals surface area (Å²) in [4.78, 5) is 36.2. The van der Waals surface area contributed by atoms with Gasteiger partial charge in [-0.3, -0.25) is 14.4 Å². The molecule has 0 aliphatic rings. The van der Waals surface area contributed by atoms with Crippen molar-refractivity contribution < 1.29 is 14.4 Å². The van der Waals surface area contributed by atoms with Crippen LogP contribution < -0.4 is 16.4 Å². The Hall–Kier alpha value is -3.94. The lowest BCUT2D eigenvalue weighted by molar-refractivity contribution is -0.117. The first-order valence-electron chi connectivity index (χ1n) is 9.46. The first kappa shape index (κ1) is 20.8. The molecule has 3 aromatic rings. The van der Waals surface area contributed by atoms with Crippen LogP contribution in [0, 0.1) is 13.8 Å². The minimum atomic E-state index is -0.502. The number of benzene rings is 2.